The second-order valence-corrected chi connectivity index (χ2v) is 7.54. The van der Waals surface area contributed by atoms with Crippen LogP contribution < -0.4 is 20.3 Å². The van der Waals surface area contributed by atoms with Gasteiger partial charge in [-0.05, 0) is 58.2 Å². The molecule has 0 aliphatic rings. The number of hydrogen-bond donors (Lipinski definition) is 2. The van der Waals surface area contributed by atoms with E-state index in [1.54, 1.807) is 24.3 Å². The second kappa shape index (κ2) is 10.5. The molecule has 9 heteroatoms. The Morgan fingerprint density at radius 2 is 1.56 bits per heavy atom. The van der Waals surface area contributed by atoms with E-state index in [4.69, 9.17) is 21.1 Å². The van der Waals surface area contributed by atoms with Crippen LogP contribution in [0.4, 0.5) is 0 Å². The maximum atomic E-state index is 11.8. The maximum Gasteiger partial charge on any atom is 0.276 e. The molecule has 0 heterocycles. The predicted octanol–water partition coefficient (Wildman–Crippen LogP) is 4.03. The second-order valence-electron chi connectivity index (χ2n) is 5.37. The lowest BCUT2D eigenvalue weighted by Gasteiger charge is -2.11. The first-order valence-corrected chi connectivity index (χ1v) is 9.92. The topological polar surface area (TPSA) is 76.7 Å². The van der Waals surface area contributed by atoms with E-state index in [9.17, 15) is 9.59 Å². The van der Waals surface area contributed by atoms with Crippen LogP contribution in [-0.2, 0) is 16.0 Å². The molecule has 0 atom stereocenters. The predicted molar refractivity (Wildman–Crippen MR) is 110 cm³/mol. The van der Waals surface area contributed by atoms with Gasteiger partial charge >= 0.3 is 0 Å². The number of nitrogens with one attached hydrogen (secondary N) is 2. The van der Waals surface area contributed by atoms with Gasteiger partial charge in [0.25, 0.3) is 11.8 Å². The minimum absolute atomic E-state index is 0.246. The first kappa shape index (κ1) is 21.5. The summed E-state index contributed by atoms with van der Waals surface area (Å²) in [4.78, 5) is 23.5. The number of amides is 2. The summed E-state index contributed by atoms with van der Waals surface area (Å²) in [7, 11) is 0. The van der Waals surface area contributed by atoms with Crippen LogP contribution in [0.3, 0.4) is 0 Å². The number of carbonyl (C=O) groups is 2. The number of ether oxygens (including phenoxy) is 2. The third kappa shape index (κ3) is 7.04. The van der Waals surface area contributed by atoms with Gasteiger partial charge in [-0.25, -0.2) is 0 Å². The fourth-order valence-electron chi connectivity index (χ4n) is 1.97. The van der Waals surface area contributed by atoms with Crippen molar-refractivity contribution >= 4 is 55.3 Å². The zero-order chi connectivity index (χ0) is 19.8. The van der Waals surface area contributed by atoms with Crippen LogP contribution in [-0.4, -0.2) is 25.0 Å². The number of hydrogen-bond acceptors (Lipinski definition) is 4. The van der Waals surface area contributed by atoms with Crippen LogP contribution in [0.25, 0.3) is 0 Å². The van der Waals surface area contributed by atoms with Gasteiger partial charge in [0.15, 0.2) is 13.2 Å². The molecule has 0 aliphatic carbocycles. The Morgan fingerprint density at radius 3 is 2.11 bits per heavy atom. The molecule has 0 aliphatic heterocycles. The maximum absolute atomic E-state index is 11.8. The van der Waals surface area contributed by atoms with Gasteiger partial charge in [-0.3, -0.25) is 20.4 Å². The van der Waals surface area contributed by atoms with Crippen LogP contribution in [0.2, 0.25) is 5.02 Å². The third-order valence-corrected chi connectivity index (χ3v) is 4.77. The highest BCUT2D eigenvalue weighted by Crippen LogP contribution is 2.27. The van der Waals surface area contributed by atoms with Crippen LogP contribution >= 0.6 is 43.5 Å². The van der Waals surface area contributed by atoms with Crippen molar-refractivity contribution in [2.75, 3.05) is 13.2 Å². The van der Waals surface area contributed by atoms with Crippen LogP contribution in [0.15, 0.2) is 45.3 Å². The molecule has 0 saturated carbocycles. The number of benzene rings is 2. The number of halogens is 3. The van der Waals surface area contributed by atoms with Gasteiger partial charge in [0.1, 0.15) is 11.5 Å². The van der Waals surface area contributed by atoms with Gasteiger partial charge in [-0.1, -0.05) is 40.5 Å². The van der Waals surface area contributed by atoms with Crippen molar-refractivity contribution in [3.63, 3.8) is 0 Å². The smallest absolute Gasteiger partial charge is 0.276 e. The van der Waals surface area contributed by atoms with E-state index >= 15 is 0 Å². The minimum Gasteiger partial charge on any atom is -0.483 e. The molecule has 2 aromatic carbocycles. The van der Waals surface area contributed by atoms with Crippen LogP contribution in [0, 0.1) is 0 Å². The fraction of sp³-hybridized carbons (Fsp3) is 0.222. The highest BCUT2D eigenvalue weighted by molar-refractivity contribution is 9.10. The van der Waals surface area contributed by atoms with E-state index in [1.165, 1.54) is 0 Å². The molecule has 2 amide bonds. The van der Waals surface area contributed by atoms with E-state index in [2.05, 4.69) is 42.7 Å². The van der Waals surface area contributed by atoms with Crippen molar-refractivity contribution in [2.24, 2.45) is 0 Å². The van der Waals surface area contributed by atoms with Crippen molar-refractivity contribution < 1.29 is 19.1 Å². The zero-order valence-electron chi connectivity index (χ0n) is 14.4. The molecule has 144 valence electrons. The lowest BCUT2D eigenvalue weighted by Crippen LogP contribution is -2.45. The summed E-state index contributed by atoms with van der Waals surface area (Å²) >= 11 is 12.7. The normalized spacial score (nSPS) is 10.2. The monoisotopic (exact) mass is 518 g/mol. The lowest BCUT2D eigenvalue weighted by atomic mass is 10.2. The quantitative estimate of drug-likeness (QED) is 0.541. The summed E-state index contributed by atoms with van der Waals surface area (Å²) < 4.78 is 12.3. The molecule has 2 N–H and O–H groups in total. The molecular formula is C18H17Br2ClN2O4. The third-order valence-electron chi connectivity index (χ3n) is 3.36. The van der Waals surface area contributed by atoms with Crippen molar-refractivity contribution in [1.82, 2.24) is 10.9 Å². The first-order valence-electron chi connectivity index (χ1n) is 7.95. The molecular weight excluding hydrogens is 503 g/mol. The Balaban J connectivity index is 1.72. The Bertz CT molecular complexity index is 833. The summed E-state index contributed by atoms with van der Waals surface area (Å²) in [5, 5.41) is 0.370. The van der Waals surface area contributed by atoms with E-state index in [0.717, 1.165) is 20.9 Å². The largest absolute Gasteiger partial charge is 0.483 e. The van der Waals surface area contributed by atoms with Gasteiger partial charge in [0.2, 0.25) is 0 Å². The zero-order valence-corrected chi connectivity index (χ0v) is 18.3. The average molecular weight is 521 g/mol. The molecule has 0 unspecified atom stereocenters. The first-order chi connectivity index (χ1) is 12.9. The lowest BCUT2D eigenvalue weighted by molar-refractivity contribution is -0.131. The van der Waals surface area contributed by atoms with E-state index in [-0.39, 0.29) is 13.2 Å². The number of aryl methyl sites for hydroxylation is 1. The molecule has 2 aromatic rings. The Hall–Kier alpha value is -1.77. The summed E-state index contributed by atoms with van der Waals surface area (Å²) in [6.07, 6.45) is 0.902. The van der Waals surface area contributed by atoms with Gasteiger partial charge in [0, 0.05) is 4.47 Å². The molecule has 6 nitrogen and oxygen atoms in total. The van der Waals surface area contributed by atoms with Gasteiger partial charge in [-0.2, -0.15) is 0 Å². The molecule has 0 spiro atoms. The highest BCUT2D eigenvalue weighted by atomic mass is 79.9. The van der Waals surface area contributed by atoms with Crippen LogP contribution in [0.1, 0.15) is 12.5 Å². The fourth-order valence-corrected chi connectivity index (χ4v) is 3.24. The molecule has 0 aromatic heterocycles. The number of carbonyl (C=O) groups excluding carboxylic acids is 2. The Morgan fingerprint density at radius 1 is 0.963 bits per heavy atom. The molecule has 27 heavy (non-hydrogen) atoms. The Labute approximate surface area is 178 Å². The molecule has 0 radical (unpaired) electrons. The van der Waals surface area contributed by atoms with Gasteiger partial charge < -0.3 is 9.47 Å². The molecule has 0 bridgehead atoms. The average Bonchev–Trinajstić information content (AvgIpc) is 2.64. The highest BCUT2D eigenvalue weighted by Gasteiger charge is 2.09. The van der Waals surface area contributed by atoms with Crippen LogP contribution in [0.5, 0.6) is 11.5 Å². The van der Waals surface area contributed by atoms with Crippen molar-refractivity contribution in [1.29, 1.82) is 0 Å². The number of hydrazine groups is 1. The summed E-state index contributed by atoms with van der Waals surface area (Å²) in [5.74, 6) is -0.126. The van der Waals surface area contributed by atoms with Gasteiger partial charge in [0.05, 0.1) is 9.50 Å². The minimum atomic E-state index is -0.532. The SMILES string of the molecule is CCc1ccc(OCC(=O)NNC(=O)COc2ccc(Br)cc2Cl)c(Br)c1. The summed E-state index contributed by atoms with van der Waals surface area (Å²) in [6.45, 7) is 1.50. The van der Waals surface area contributed by atoms with Crippen molar-refractivity contribution in [3.8, 4) is 11.5 Å². The summed E-state index contributed by atoms with van der Waals surface area (Å²) in [6, 6.07) is 10.7. The van der Waals surface area contributed by atoms with Crippen molar-refractivity contribution in [2.45, 2.75) is 13.3 Å². The standard InChI is InChI=1S/C18H17Br2ClN2O4/c1-2-11-3-5-15(13(20)7-11)26-9-17(24)22-23-18(25)10-27-16-6-4-12(19)8-14(16)21/h3-8H,2,9-10H2,1H3,(H,22,24)(H,23,25). The molecule has 2 rings (SSSR count). The summed E-state index contributed by atoms with van der Waals surface area (Å²) in [5.41, 5.74) is 5.65. The Kier molecular flexibility index (Phi) is 8.40. The van der Waals surface area contributed by atoms with E-state index < -0.39 is 11.8 Å². The van der Waals surface area contributed by atoms with Crippen molar-refractivity contribution in [3.05, 3.63) is 55.9 Å². The van der Waals surface area contributed by atoms with E-state index in [0.29, 0.717) is 16.5 Å². The van der Waals surface area contributed by atoms with E-state index in [1.807, 2.05) is 19.1 Å². The molecule has 0 fully saturated rings. The van der Waals surface area contributed by atoms with Gasteiger partial charge in [-0.15, -0.1) is 0 Å². The number of rotatable bonds is 7. The molecule has 0 saturated heterocycles.